The van der Waals surface area contributed by atoms with Gasteiger partial charge in [0.25, 0.3) is 0 Å². The molecule has 0 bridgehead atoms. The summed E-state index contributed by atoms with van der Waals surface area (Å²) in [5.41, 5.74) is 2.07. The Labute approximate surface area is 139 Å². The predicted molar refractivity (Wildman–Crippen MR) is 85.7 cm³/mol. The molecule has 6 heteroatoms. The molecule has 24 heavy (non-hydrogen) atoms. The lowest BCUT2D eigenvalue weighted by atomic mass is 10.0. The van der Waals surface area contributed by atoms with Crippen molar-refractivity contribution in [3.63, 3.8) is 0 Å². The molecule has 0 aromatic heterocycles. The van der Waals surface area contributed by atoms with E-state index >= 15 is 0 Å². The van der Waals surface area contributed by atoms with Crippen molar-refractivity contribution in [2.45, 2.75) is 26.4 Å². The Morgan fingerprint density at radius 2 is 1.67 bits per heavy atom. The summed E-state index contributed by atoms with van der Waals surface area (Å²) >= 11 is 0. The van der Waals surface area contributed by atoms with Gasteiger partial charge in [0.2, 0.25) is 0 Å². The molecular weight excluding hydrogens is 312 g/mol. The second-order valence-corrected chi connectivity index (χ2v) is 5.06. The molecule has 0 saturated heterocycles. The quantitative estimate of drug-likeness (QED) is 0.446. The van der Waals surface area contributed by atoms with E-state index in [2.05, 4.69) is 14.8 Å². The summed E-state index contributed by atoms with van der Waals surface area (Å²) in [5.74, 6) is -0.788. The largest absolute Gasteiger partial charge is 0.543 e. The molecule has 0 fully saturated rings. The van der Waals surface area contributed by atoms with Crippen LogP contribution >= 0.6 is 0 Å². The van der Waals surface area contributed by atoms with Crippen molar-refractivity contribution in [3.8, 4) is 11.1 Å². The van der Waals surface area contributed by atoms with E-state index in [1.54, 1.807) is 25.1 Å². The Morgan fingerprint density at radius 1 is 0.958 bits per heavy atom. The van der Waals surface area contributed by atoms with Crippen LogP contribution in [0.15, 0.2) is 54.6 Å². The van der Waals surface area contributed by atoms with Crippen LogP contribution in [-0.2, 0) is 19.6 Å². The first-order valence-electron chi connectivity index (χ1n) is 7.51. The molecule has 0 aliphatic carbocycles. The number of rotatable bonds is 6. The lowest BCUT2D eigenvalue weighted by Gasteiger charge is -2.09. The molecular formula is C18H18O6. The van der Waals surface area contributed by atoms with Crippen LogP contribution in [0.1, 0.15) is 30.6 Å². The van der Waals surface area contributed by atoms with Gasteiger partial charge in [0, 0.05) is 0 Å². The van der Waals surface area contributed by atoms with Crippen LogP contribution in [-0.4, -0.2) is 18.2 Å². The SMILES string of the molecule is CCC(C)OC(=O)OOOC(=O)c1cccc(-c2ccccc2)c1. The van der Waals surface area contributed by atoms with Gasteiger partial charge in [-0.2, -0.15) is 0 Å². The summed E-state index contributed by atoms with van der Waals surface area (Å²) in [6, 6.07) is 16.4. The van der Waals surface area contributed by atoms with Gasteiger partial charge in [0.1, 0.15) is 6.10 Å². The smallest absolute Gasteiger partial charge is 0.429 e. The van der Waals surface area contributed by atoms with Crippen molar-refractivity contribution in [2.75, 3.05) is 0 Å². The molecule has 0 saturated carbocycles. The lowest BCUT2D eigenvalue weighted by Crippen LogP contribution is -2.16. The minimum absolute atomic E-state index is 0.259. The highest BCUT2D eigenvalue weighted by Gasteiger charge is 2.14. The van der Waals surface area contributed by atoms with Gasteiger partial charge in [-0.25, -0.2) is 14.5 Å². The first kappa shape index (κ1) is 17.5. The van der Waals surface area contributed by atoms with Crippen LogP contribution < -0.4 is 0 Å². The maximum absolute atomic E-state index is 11.9. The first-order valence-corrected chi connectivity index (χ1v) is 7.51. The number of carbonyl (C=O) groups is 2. The van der Waals surface area contributed by atoms with Crippen LogP contribution in [0, 0.1) is 0 Å². The summed E-state index contributed by atoms with van der Waals surface area (Å²) in [7, 11) is 0. The van der Waals surface area contributed by atoms with Crippen molar-refractivity contribution in [1.82, 2.24) is 0 Å². The number of hydrogen-bond acceptors (Lipinski definition) is 6. The van der Waals surface area contributed by atoms with Gasteiger partial charge in [-0.15, -0.1) is 0 Å². The fourth-order valence-electron chi connectivity index (χ4n) is 1.85. The van der Waals surface area contributed by atoms with Crippen LogP contribution in [0.2, 0.25) is 0 Å². The highest BCUT2D eigenvalue weighted by atomic mass is 17.5. The fraction of sp³-hybridized carbons (Fsp3) is 0.222. The molecule has 0 aliphatic rings. The third-order valence-corrected chi connectivity index (χ3v) is 3.29. The van der Waals surface area contributed by atoms with Crippen molar-refractivity contribution in [2.24, 2.45) is 0 Å². The molecule has 2 aromatic carbocycles. The molecule has 0 aliphatic heterocycles. The molecule has 0 radical (unpaired) electrons. The molecule has 1 unspecified atom stereocenters. The van der Waals surface area contributed by atoms with Crippen molar-refractivity contribution < 1.29 is 29.1 Å². The van der Waals surface area contributed by atoms with E-state index in [1.807, 2.05) is 43.3 Å². The van der Waals surface area contributed by atoms with Crippen molar-refractivity contribution >= 4 is 12.1 Å². The second kappa shape index (κ2) is 8.69. The minimum atomic E-state index is -1.07. The summed E-state index contributed by atoms with van der Waals surface area (Å²) in [4.78, 5) is 31.8. The molecule has 1 atom stereocenters. The average Bonchev–Trinajstić information content (AvgIpc) is 2.62. The molecule has 2 rings (SSSR count). The maximum Gasteiger partial charge on any atom is 0.543 e. The molecule has 0 heterocycles. The summed E-state index contributed by atoms with van der Waals surface area (Å²) < 4.78 is 4.79. The number of hydrogen-bond donors (Lipinski definition) is 0. The molecule has 0 spiro atoms. The zero-order chi connectivity index (χ0) is 17.4. The Morgan fingerprint density at radius 3 is 2.38 bits per heavy atom. The van der Waals surface area contributed by atoms with Gasteiger partial charge in [0.15, 0.2) is 0 Å². The Balaban J connectivity index is 1.90. The first-order chi connectivity index (χ1) is 11.6. The highest BCUT2D eigenvalue weighted by molar-refractivity contribution is 5.90. The van der Waals surface area contributed by atoms with E-state index < -0.39 is 12.1 Å². The van der Waals surface area contributed by atoms with Crippen LogP contribution in [0.25, 0.3) is 11.1 Å². The summed E-state index contributed by atoms with van der Waals surface area (Å²) in [6.07, 6.45) is -0.768. The van der Waals surface area contributed by atoms with E-state index in [0.29, 0.717) is 6.42 Å². The number of carbonyl (C=O) groups excluding carboxylic acids is 2. The molecule has 0 amide bonds. The Bertz CT molecular complexity index is 683. The van der Waals surface area contributed by atoms with Gasteiger partial charge in [0.05, 0.1) is 10.6 Å². The highest BCUT2D eigenvalue weighted by Crippen LogP contribution is 2.20. The van der Waals surface area contributed by atoms with Crippen LogP contribution in [0.5, 0.6) is 0 Å². The van der Waals surface area contributed by atoms with E-state index in [1.165, 1.54) is 0 Å². The van der Waals surface area contributed by atoms with E-state index in [9.17, 15) is 9.59 Å². The van der Waals surface area contributed by atoms with Gasteiger partial charge in [-0.05, 0) is 36.6 Å². The summed E-state index contributed by atoms with van der Waals surface area (Å²) in [5, 5.41) is 4.18. The third kappa shape index (κ3) is 5.10. The van der Waals surface area contributed by atoms with Crippen LogP contribution in [0.4, 0.5) is 4.79 Å². The minimum Gasteiger partial charge on any atom is -0.429 e. The van der Waals surface area contributed by atoms with Gasteiger partial charge >= 0.3 is 12.1 Å². The van der Waals surface area contributed by atoms with Gasteiger partial charge in [-0.3, -0.25) is 4.89 Å². The van der Waals surface area contributed by atoms with Crippen molar-refractivity contribution in [3.05, 3.63) is 60.2 Å². The second-order valence-electron chi connectivity index (χ2n) is 5.06. The van der Waals surface area contributed by atoms with E-state index in [-0.39, 0.29) is 11.7 Å². The third-order valence-electron chi connectivity index (χ3n) is 3.29. The molecule has 126 valence electrons. The monoisotopic (exact) mass is 330 g/mol. The Kier molecular flexibility index (Phi) is 6.33. The standard InChI is InChI=1S/C18H18O6/c1-3-13(2)21-18(20)23-24-22-17(19)16-11-7-10-15(12-16)14-8-5-4-6-9-14/h4-13H,3H2,1-2H3. The van der Waals surface area contributed by atoms with Crippen molar-refractivity contribution in [1.29, 1.82) is 0 Å². The average molecular weight is 330 g/mol. The van der Waals surface area contributed by atoms with E-state index in [0.717, 1.165) is 11.1 Å². The number of benzene rings is 2. The normalized spacial score (nSPS) is 11.4. The Hall–Kier alpha value is -2.86. The van der Waals surface area contributed by atoms with Crippen LogP contribution in [0.3, 0.4) is 0 Å². The zero-order valence-electron chi connectivity index (χ0n) is 13.4. The van der Waals surface area contributed by atoms with Gasteiger partial charge in [-0.1, -0.05) is 49.4 Å². The summed E-state index contributed by atoms with van der Waals surface area (Å²) in [6.45, 7) is 3.54. The molecule has 2 aromatic rings. The number of ether oxygens (including phenoxy) is 1. The predicted octanol–water partition coefficient (Wildman–Crippen LogP) is 4.31. The van der Waals surface area contributed by atoms with Gasteiger partial charge < -0.3 is 4.74 Å². The zero-order valence-corrected chi connectivity index (χ0v) is 13.4. The molecule has 6 nitrogen and oxygen atoms in total. The maximum atomic E-state index is 11.9. The van der Waals surface area contributed by atoms with E-state index in [4.69, 9.17) is 4.74 Å². The molecule has 0 N–H and O–H groups in total. The fourth-order valence-corrected chi connectivity index (χ4v) is 1.85. The topological polar surface area (TPSA) is 71.1 Å². The lowest BCUT2D eigenvalue weighted by molar-refractivity contribution is -0.452.